The zero-order valence-corrected chi connectivity index (χ0v) is 8.63. The zero-order valence-electron chi connectivity index (χ0n) is 7.81. The van der Waals surface area contributed by atoms with Gasteiger partial charge in [-0.3, -0.25) is 4.72 Å². The summed E-state index contributed by atoms with van der Waals surface area (Å²) in [5.41, 5.74) is 0. The van der Waals surface area contributed by atoms with E-state index < -0.39 is 0 Å². The van der Waals surface area contributed by atoms with Crippen LogP contribution in [0.15, 0.2) is 0 Å². The van der Waals surface area contributed by atoms with Crippen LogP contribution in [0.1, 0.15) is 27.2 Å². The van der Waals surface area contributed by atoms with Crippen LogP contribution in [0.2, 0.25) is 0 Å². The lowest BCUT2D eigenvalue weighted by Gasteiger charge is -2.06. The van der Waals surface area contributed by atoms with E-state index in [9.17, 15) is 0 Å². The van der Waals surface area contributed by atoms with Gasteiger partial charge in [0.15, 0.2) is 0 Å². The van der Waals surface area contributed by atoms with Gasteiger partial charge in [-0.2, -0.15) is 0 Å². The highest BCUT2D eigenvalue weighted by molar-refractivity contribution is 7.97. The Morgan fingerprint density at radius 1 is 1.36 bits per heavy atom. The van der Waals surface area contributed by atoms with Gasteiger partial charge in [-0.25, -0.2) is 0 Å². The third-order valence-electron chi connectivity index (χ3n) is 1.22. The fourth-order valence-electron chi connectivity index (χ4n) is 0.709. The van der Waals surface area contributed by atoms with Crippen LogP contribution in [0.4, 0.5) is 0 Å². The summed E-state index contributed by atoms with van der Waals surface area (Å²) in [6, 6.07) is 0.624. The molecule has 68 valence electrons. The predicted octanol–water partition coefficient (Wildman–Crippen LogP) is 1.63. The van der Waals surface area contributed by atoms with Gasteiger partial charge in [0.05, 0.1) is 0 Å². The largest absolute Gasteiger partial charge is 0.315 e. The minimum atomic E-state index is 0.624. The molecule has 0 unspecified atom stereocenters. The molecule has 0 aliphatic rings. The van der Waals surface area contributed by atoms with Gasteiger partial charge in [0, 0.05) is 18.3 Å². The second-order valence-electron chi connectivity index (χ2n) is 2.81. The first-order valence-electron chi connectivity index (χ1n) is 4.35. The molecule has 0 aromatic heterocycles. The molecule has 0 saturated heterocycles. The Kier molecular flexibility index (Phi) is 8.57. The molecule has 0 saturated carbocycles. The molecule has 0 aromatic carbocycles. The van der Waals surface area contributed by atoms with E-state index in [2.05, 4.69) is 30.8 Å². The molecule has 3 heteroatoms. The van der Waals surface area contributed by atoms with Crippen molar-refractivity contribution in [3.8, 4) is 0 Å². The predicted molar refractivity (Wildman–Crippen MR) is 53.9 cm³/mol. The quantitative estimate of drug-likeness (QED) is 0.455. The van der Waals surface area contributed by atoms with Gasteiger partial charge in [0.2, 0.25) is 0 Å². The summed E-state index contributed by atoms with van der Waals surface area (Å²) in [6.45, 7) is 8.67. The van der Waals surface area contributed by atoms with Crippen LogP contribution in [-0.2, 0) is 0 Å². The van der Waals surface area contributed by atoms with Crippen molar-refractivity contribution in [1.82, 2.24) is 10.0 Å². The van der Waals surface area contributed by atoms with Crippen LogP contribution in [0.25, 0.3) is 0 Å². The van der Waals surface area contributed by atoms with E-state index in [4.69, 9.17) is 0 Å². The molecule has 0 amide bonds. The average molecular weight is 176 g/mol. The first kappa shape index (κ1) is 11.3. The minimum Gasteiger partial charge on any atom is -0.315 e. The first-order chi connectivity index (χ1) is 5.27. The highest BCUT2D eigenvalue weighted by atomic mass is 32.2. The smallest absolute Gasteiger partial charge is 0.00907 e. The number of hydrogen-bond donors (Lipinski definition) is 2. The van der Waals surface area contributed by atoms with E-state index in [0.717, 1.165) is 13.1 Å². The third kappa shape index (κ3) is 10.3. The van der Waals surface area contributed by atoms with Crippen molar-refractivity contribution < 1.29 is 0 Å². The lowest BCUT2D eigenvalue weighted by Crippen LogP contribution is -2.24. The molecule has 0 radical (unpaired) electrons. The number of nitrogens with one attached hydrogen (secondary N) is 2. The summed E-state index contributed by atoms with van der Waals surface area (Å²) < 4.78 is 3.23. The second-order valence-corrected chi connectivity index (χ2v) is 3.79. The van der Waals surface area contributed by atoms with E-state index >= 15 is 0 Å². The Labute approximate surface area is 74.7 Å². The summed E-state index contributed by atoms with van der Waals surface area (Å²) >= 11 is 1.81. The van der Waals surface area contributed by atoms with Crippen LogP contribution >= 0.6 is 11.9 Å². The molecule has 0 spiro atoms. The lowest BCUT2D eigenvalue weighted by atomic mass is 10.4. The molecule has 2 nitrogen and oxygen atoms in total. The topological polar surface area (TPSA) is 24.1 Å². The lowest BCUT2D eigenvalue weighted by molar-refractivity contribution is 0.585. The SMILES string of the molecule is CCNSCCCNC(C)C. The maximum absolute atomic E-state index is 3.38. The van der Waals surface area contributed by atoms with Crippen molar-refractivity contribution in [2.24, 2.45) is 0 Å². The van der Waals surface area contributed by atoms with Crippen LogP contribution in [-0.4, -0.2) is 24.9 Å². The third-order valence-corrected chi connectivity index (χ3v) is 2.21. The molecule has 2 N–H and O–H groups in total. The van der Waals surface area contributed by atoms with Gasteiger partial charge in [-0.1, -0.05) is 32.7 Å². The normalized spacial score (nSPS) is 10.9. The van der Waals surface area contributed by atoms with Crippen LogP contribution in [0.3, 0.4) is 0 Å². The highest BCUT2D eigenvalue weighted by Crippen LogP contribution is 1.94. The monoisotopic (exact) mass is 176 g/mol. The Balaban J connectivity index is 2.80. The first-order valence-corrected chi connectivity index (χ1v) is 5.34. The standard InChI is InChI=1S/C8H20N2S/c1-4-10-11-7-5-6-9-8(2)3/h8-10H,4-7H2,1-3H3. The molecular formula is C8H20N2S. The molecule has 0 heterocycles. The van der Waals surface area contributed by atoms with Gasteiger partial charge in [-0.05, 0) is 13.0 Å². The van der Waals surface area contributed by atoms with Crippen molar-refractivity contribution in [3.63, 3.8) is 0 Å². The maximum Gasteiger partial charge on any atom is 0.00907 e. The van der Waals surface area contributed by atoms with E-state index in [-0.39, 0.29) is 0 Å². The van der Waals surface area contributed by atoms with Crippen LogP contribution in [0.5, 0.6) is 0 Å². The summed E-state index contributed by atoms with van der Waals surface area (Å²) in [5.74, 6) is 1.20. The summed E-state index contributed by atoms with van der Waals surface area (Å²) in [5, 5.41) is 3.38. The molecular weight excluding hydrogens is 156 g/mol. The molecule has 0 fully saturated rings. The fraction of sp³-hybridized carbons (Fsp3) is 1.00. The zero-order chi connectivity index (χ0) is 8.53. The number of rotatable bonds is 7. The van der Waals surface area contributed by atoms with Crippen molar-refractivity contribution in [1.29, 1.82) is 0 Å². The molecule has 0 aliphatic heterocycles. The Hall–Kier alpha value is 0.270. The summed E-state index contributed by atoms with van der Waals surface area (Å²) in [4.78, 5) is 0. The van der Waals surface area contributed by atoms with Crippen molar-refractivity contribution in [3.05, 3.63) is 0 Å². The van der Waals surface area contributed by atoms with E-state index in [0.29, 0.717) is 6.04 Å². The molecule has 0 bridgehead atoms. The second kappa shape index (κ2) is 8.37. The molecule has 0 aliphatic carbocycles. The maximum atomic E-state index is 3.38. The Morgan fingerprint density at radius 2 is 2.09 bits per heavy atom. The van der Waals surface area contributed by atoms with Gasteiger partial charge < -0.3 is 5.32 Å². The summed E-state index contributed by atoms with van der Waals surface area (Å²) in [6.07, 6.45) is 1.25. The number of hydrogen-bond acceptors (Lipinski definition) is 3. The summed E-state index contributed by atoms with van der Waals surface area (Å²) in [7, 11) is 0. The van der Waals surface area contributed by atoms with E-state index in [1.165, 1.54) is 12.2 Å². The van der Waals surface area contributed by atoms with Gasteiger partial charge in [0.25, 0.3) is 0 Å². The van der Waals surface area contributed by atoms with Crippen LogP contribution < -0.4 is 10.0 Å². The van der Waals surface area contributed by atoms with Gasteiger partial charge in [0.1, 0.15) is 0 Å². The Morgan fingerprint density at radius 3 is 2.64 bits per heavy atom. The Bertz CT molecular complexity index is 76.5. The van der Waals surface area contributed by atoms with Gasteiger partial charge in [-0.15, -0.1) is 0 Å². The van der Waals surface area contributed by atoms with E-state index in [1.54, 1.807) is 0 Å². The molecule has 0 atom stereocenters. The van der Waals surface area contributed by atoms with Crippen molar-refractivity contribution in [2.75, 3.05) is 18.8 Å². The van der Waals surface area contributed by atoms with Gasteiger partial charge >= 0.3 is 0 Å². The van der Waals surface area contributed by atoms with Crippen LogP contribution in [0, 0.1) is 0 Å². The average Bonchev–Trinajstić information content (AvgIpc) is 1.96. The van der Waals surface area contributed by atoms with Crippen molar-refractivity contribution >= 4 is 11.9 Å². The minimum absolute atomic E-state index is 0.624. The molecule has 11 heavy (non-hydrogen) atoms. The highest BCUT2D eigenvalue weighted by Gasteiger charge is 1.91. The fourth-order valence-corrected chi connectivity index (χ4v) is 1.35. The van der Waals surface area contributed by atoms with E-state index in [1.807, 2.05) is 11.9 Å². The molecule has 0 rings (SSSR count). The van der Waals surface area contributed by atoms with Crippen molar-refractivity contribution in [2.45, 2.75) is 33.2 Å². The molecule has 0 aromatic rings.